The number of piperazine rings is 1. The summed E-state index contributed by atoms with van der Waals surface area (Å²) < 4.78 is 10.8. The highest BCUT2D eigenvalue weighted by molar-refractivity contribution is 5.79. The van der Waals surface area contributed by atoms with E-state index in [1.54, 1.807) is 14.2 Å². The van der Waals surface area contributed by atoms with E-state index in [9.17, 15) is 4.79 Å². The smallest absolute Gasteiger partial charge is 0.225 e. The van der Waals surface area contributed by atoms with Crippen molar-refractivity contribution in [3.8, 4) is 11.5 Å². The van der Waals surface area contributed by atoms with Crippen LogP contribution in [0.2, 0.25) is 0 Å². The molecule has 6 nitrogen and oxygen atoms in total. The second-order valence-corrected chi connectivity index (χ2v) is 9.18. The summed E-state index contributed by atoms with van der Waals surface area (Å²) in [5, 5.41) is 0. The van der Waals surface area contributed by atoms with E-state index >= 15 is 0 Å². The van der Waals surface area contributed by atoms with E-state index in [-0.39, 0.29) is 5.92 Å². The molecule has 2 aliphatic heterocycles. The Morgan fingerprint density at radius 2 is 1.59 bits per heavy atom. The number of ether oxygens (including phenoxy) is 2. The number of piperidine rings is 1. The highest BCUT2D eigenvalue weighted by Crippen LogP contribution is 2.29. The van der Waals surface area contributed by atoms with Gasteiger partial charge in [-0.05, 0) is 49.2 Å². The van der Waals surface area contributed by atoms with E-state index in [1.165, 1.54) is 11.1 Å². The highest BCUT2D eigenvalue weighted by atomic mass is 16.5. The number of carbonyl (C=O) groups excluding carboxylic acids is 1. The number of benzene rings is 2. The van der Waals surface area contributed by atoms with Gasteiger partial charge in [-0.1, -0.05) is 48.6 Å². The van der Waals surface area contributed by atoms with Crippen molar-refractivity contribution in [3.63, 3.8) is 0 Å². The number of carbonyl (C=O) groups is 1. The van der Waals surface area contributed by atoms with Gasteiger partial charge in [0.1, 0.15) is 0 Å². The number of nitrogens with zero attached hydrogens (tertiary/aromatic N) is 3. The average Bonchev–Trinajstić information content (AvgIpc) is 2.89. The first-order valence-corrected chi connectivity index (χ1v) is 12.3. The molecule has 182 valence electrons. The van der Waals surface area contributed by atoms with E-state index in [4.69, 9.17) is 9.47 Å². The normalized spacial score (nSPS) is 18.4. The average molecular weight is 464 g/mol. The predicted molar refractivity (Wildman–Crippen MR) is 136 cm³/mol. The van der Waals surface area contributed by atoms with Crippen LogP contribution in [0.1, 0.15) is 24.0 Å². The SMILES string of the molecule is COc1ccc(CN2CCC(C(=O)N3CCN(CC=Cc4ccccc4)CC3)CC2)cc1OC. The van der Waals surface area contributed by atoms with E-state index in [0.29, 0.717) is 5.91 Å². The molecular weight excluding hydrogens is 426 g/mol. The maximum atomic E-state index is 13.1. The molecule has 0 bridgehead atoms. The molecule has 6 heteroatoms. The molecule has 34 heavy (non-hydrogen) atoms. The molecule has 2 fully saturated rings. The van der Waals surface area contributed by atoms with Crippen LogP contribution >= 0.6 is 0 Å². The Morgan fingerprint density at radius 3 is 2.26 bits per heavy atom. The van der Waals surface area contributed by atoms with Gasteiger partial charge in [0.25, 0.3) is 0 Å². The Kier molecular flexibility index (Phi) is 8.61. The van der Waals surface area contributed by atoms with E-state index in [1.807, 2.05) is 18.2 Å². The zero-order valence-corrected chi connectivity index (χ0v) is 20.5. The minimum atomic E-state index is 0.158. The lowest BCUT2D eigenvalue weighted by atomic mass is 9.94. The topological polar surface area (TPSA) is 45.2 Å². The van der Waals surface area contributed by atoms with Gasteiger partial charge in [-0.15, -0.1) is 0 Å². The third kappa shape index (κ3) is 6.39. The Balaban J connectivity index is 1.19. The van der Waals surface area contributed by atoms with Gasteiger partial charge in [-0.25, -0.2) is 0 Å². The lowest BCUT2D eigenvalue weighted by Crippen LogP contribution is -2.51. The van der Waals surface area contributed by atoms with Gasteiger partial charge in [0.2, 0.25) is 5.91 Å². The molecule has 2 aromatic carbocycles. The predicted octanol–water partition coefficient (Wildman–Crippen LogP) is 3.77. The molecule has 2 aliphatic rings. The molecule has 0 aliphatic carbocycles. The number of rotatable bonds is 8. The molecule has 0 spiro atoms. The molecular formula is C28H37N3O3. The molecule has 2 heterocycles. The van der Waals surface area contributed by atoms with Crippen LogP contribution in [-0.4, -0.2) is 80.6 Å². The maximum Gasteiger partial charge on any atom is 0.225 e. The minimum Gasteiger partial charge on any atom is -0.493 e. The van der Waals surface area contributed by atoms with Crippen LogP contribution in [0.25, 0.3) is 6.08 Å². The van der Waals surface area contributed by atoms with Crippen LogP contribution in [0.15, 0.2) is 54.6 Å². The maximum absolute atomic E-state index is 13.1. The van der Waals surface area contributed by atoms with Gasteiger partial charge in [0.05, 0.1) is 14.2 Å². The van der Waals surface area contributed by atoms with E-state index in [2.05, 4.69) is 57.2 Å². The Bertz CT molecular complexity index is 947. The van der Waals surface area contributed by atoms with Crippen LogP contribution in [0, 0.1) is 5.92 Å². The summed E-state index contributed by atoms with van der Waals surface area (Å²) in [5.74, 6) is 2.03. The summed E-state index contributed by atoms with van der Waals surface area (Å²) in [7, 11) is 3.32. The summed E-state index contributed by atoms with van der Waals surface area (Å²) in [6.07, 6.45) is 6.27. The molecule has 0 N–H and O–H groups in total. The fourth-order valence-electron chi connectivity index (χ4n) is 4.89. The van der Waals surface area contributed by atoms with Crippen LogP contribution in [-0.2, 0) is 11.3 Å². The van der Waals surface area contributed by atoms with Crippen LogP contribution < -0.4 is 9.47 Å². The van der Waals surface area contributed by atoms with E-state index < -0.39 is 0 Å². The van der Waals surface area contributed by atoms with Crippen molar-refractivity contribution in [1.82, 2.24) is 14.7 Å². The van der Waals surface area contributed by atoms with Crippen molar-refractivity contribution in [2.45, 2.75) is 19.4 Å². The molecule has 4 rings (SSSR count). The van der Waals surface area contributed by atoms with Crippen LogP contribution in [0.4, 0.5) is 0 Å². The third-order valence-electron chi connectivity index (χ3n) is 6.95. The second-order valence-electron chi connectivity index (χ2n) is 9.18. The van der Waals surface area contributed by atoms with Gasteiger partial charge in [0.15, 0.2) is 11.5 Å². The molecule has 1 amide bonds. The van der Waals surface area contributed by atoms with Crippen molar-refractivity contribution in [1.29, 1.82) is 0 Å². The first-order chi connectivity index (χ1) is 16.7. The molecule has 0 atom stereocenters. The first-order valence-electron chi connectivity index (χ1n) is 12.3. The molecule has 0 unspecified atom stereocenters. The Hall–Kier alpha value is -2.83. The Morgan fingerprint density at radius 1 is 0.882 bits per heavy atom. The monoisotopic (exact) mass is 463 g/mol. The molecule has 0 aromatic heterocycles. The van der Waals surface area contributed by atoms with Gasteiger partial charge >= 0.3 is 0 Å². The summed E-state index contributed by atoms with van der Waals surface area (Å²) in [5.41, 5.74) is 2.44. The first kappa shape index (κ1) is 24.3. The lowest BCUT2D eigenvalue weighted by Gasteiger charge is -2.38. The zero-order valence-electron chi connectivity index (χ0n) is 20.5. The lowest BCUT2D eigenvalue weighted by molar-refractivity contribution is -0.138. The summed E-state index contributed by atoms with van der Waals surface area (Å²) in [4.78, 5) is 20.1. The number of likely N-dealkylation sites (tertiary alicyclic amines) is 1. The van der Waals surface area contributed by atoms with Gasteiger partial charge < -0.3 is 14.4 Å². The number of hydrogen-bond donors (Lipinski definition) is 0. The molecule has 0 saturated carbocycles. The largest absolute Gasteiger partial charge is 0.493 e. The van der Waals surface area contributed by atoms with Crippen molar-refractivity contribution >= 4 is 12.0 Å². The zero-order chi connectivity index (χ0) is 23.8. The minimum absolute atomic E-state index is 0.158. The summed E-state index contributed by atoms with van der Waals surface area (Å²) in [6.45, 7) is 7.28. The standard InChI is InChI=1S/C28H37N3O3/c1-33-26-11-10-24(21-27(26)34-2)22-30-15-12-25(13-16-30)28(32)31-19-17-29(18-20-31)14-6-9-23-7-4-3-5-8-23/h3-11,21,25H,12-20,22H2,1-2H3. The Labute approximate surface area is 203 Å². The molecule has 2 aromatic rings. The van der Waals surface area contributed by atoms with Crippen LogP contribution in [0.5, 0.6) is 11.5 Å². The van der Waals surface area contributed by atoms with Gasteiger partial charge in [-0.3, -0.25) is 14.6 Å². The van der Waals surface area contributed by atoms with Crippen molar-refractivity contribution in [2.24, 2.45) is 5.92 Å². The number of methoxy groups -OCH3 is 2. The summed E-state index contributed by atoms with van der Waals surface area (Å²) >= 11 is 0. The van der Waals surface area contributed by atoms with Crippen molar-refractivity contribution in [2.75, 3.05) is 60.0 Å². The third-order valence-corrected chi connectivity index (χ3v) is 6.95. The number of hydrogen-bond acceptors (Lipinski definition) is 5. The molecule has 2 saturated heterocycles. The van der Waals surface area contributed by atoms with Crippen molar-refractivity contribution < 1.29 is 14.3 Å². The summed E-state index contributed by atoms with van der Waals surface area (Å²) in [6, 6.07) is 16.5. The fraction of sp³-hybridized carbons (Fsp3) is 0.464. The number of amides is 1. The fourth-order valence-corrected chi connectivity index (χ4v) is 4.89. The highest BCUT2D eigenvalue weighted by Gasteiger charge is 2.30. The van der Waals surface area contributed by atoms with E-state index in [0.717, 1.165) is 76.7 Å². The van der Waals surface area contributed by atoms with Gasteiger partial charge in [-0.2, -0.15) is 0 Å². The van der Waals surface area contributed by atoms with Gasteiger partial charge in [0, 0.05) is 45.2 Å². The quantitative estimate of drug-likeness (QED) is 0.596. The van der Waals surface area contributed by atoms with Crippen molar-refractivity contribution in [3.05, 3.63) is 65.7 Å². The molecule has 0 radical (unpaired) electrons. The second kappa shape index (κ2) is 12.0. The van der Waals surface area contributed by atoms with Crippen LogP contribution in [0.3, 0.4) is 0 Å².